The van der Waals surface area contributed by atoms with Crippen LogP contribution >= 0.6 is 11.8 Å². The quantitative estimate of drug-likeness (QED) is 0.870. The van der Waals surface area contributed by atoms with E-state index in [9.17, 15) is 4.39 Å². The van der Waals surface area contributed by atoms with Crippen LogP contribution in [-0.2, 0) is 11.2 Å². The van der Waals surface area contributed by atoms with Crippen LogP contribution in [-0.4, -0.2) is 33.4 Å². The van der Waals surface area contributed by atoms with Crippen LogP contribution in [0.1, 0.15) is 41.7 Å². The molecule has 1 aliphatic carbocycles. The van der Waals surface area contributed by atoms with E-state index in [1.807, 2.05) is 10.7 Å². The van der Waals surface area contributed by atoms with Crippen molar-refractivity contribution in [1.29, 1.82) is 0 Å². The van der Waals surface area contributed by atoms with E-state index in [0.29, 0.717) is 6.04 Å². The summed E-state index contributed by atoms with van der Waals surface area (Å²) in [5, 5.41) is 13.2. The third-order valence-electron chi connectivity index (χ3n) is 4.38. The van der Waals surface area contributed by atoms with Crippen LogP contribution in [0.5, 0.6) is 0 Å². The molecule has 0 amide bonds. The summed E-state index contributed by atoms with van der Waals surface area (Å²) in [6, 6.07) is 5.40. The molecule has 1 aromatic carbocycles. The number of tetrazole rings is 1. The zero-order valence-electron chi connectivity index (χ0n) is 12.1. The second-order valence-corrected chi connectivity index (χ2v) is 6.91. The molecule has 116 valence electrons. The van der Waals surface area contributed by atoms with Crippen molar-refractivity contribution in [2.24, 2.45) is 0 Å². The van der Waals surface area contributed by atoms with Crippen LogP contribution in [0.3, 0.4) is 0 Å². The maximum atomic E-state index is 13.5. The molecular formula is C15H17FN4OS. The van der Waals surface area contributed by atoms with Gasteiger partial charge in [-0.2, -0.15) is 0 Å². The maximum Gasteiger partial charge on any atom is 0.210 e. The van der Waals surface area contributed by atoms with E-state index in [-0.39, 0.29) is 11.1 Å². The van der Waals surface area contributed by atoms with Gasteiger partial charge in [0.1, 0.15) is 5.82 Å². The molecule has 1 fully saturated rings. The van der Waals surface area contributed by atoms with Crippen molar-refractivity contribution in [2.45, 2.75) is 42.1 Å². The number of aromatic nitrogens is 4. The average Bonchev–Trinajstić information content (AvgIpc) is 3.16. The predicted molar refractivity (Wildman–Crippen MR) is 80.2 cm³/mol. The van der Waals surface area contributed by atoms with E-state index < -0.39 is 0 Å². The zero-order valence-corrected chi connectivity index (χ0v) is 12.9. The largest absolute Gasteiger partial charge is 0.381 e. The first-order valence-corrected chi connectivity index (χ1v) is 8.50. The van der Waals surface area contributed by atoms with Crippen molar-refractivity contribution < 1.29 is 9.13 Å². The van der Waals surface area contributed by atoms with Crippen molar-refractivity contribution in [3.63, 3.8) is 0 Å². The number of hydrogen-bond acceptors (Lipinski definition) is 5. The van der Waals surface area contributed by atoms with Gasteiger partial charge in [-0.05, 0) is 59.4 Å². The standard InChI is InChI=1S/C15H17FN4OS/c16-11-3-1-10-2-4-14(13(10)9-11)22-15-17-18-19-20(15)12-5-7-21-8-6-12/h1,3,9,12,14H,2,4-8H2. The van der Waals surface area contributed by atoms with Gasteiger partial charge in [0.2, 0.25) is 5.16 Å². The summed E-state index contributed by atoms with van der Waals surface area (Å²) in [6.45, 7) is 1.51. The Morgan fingerprint density at radius 1 is 1.23 bits per heavy atom. The summed E-state index contributed by atoms with van der Waals surface area (Å²) in [4.78, 5) is 0. The van der Waals surface area contributed by atoms with E-state index in [0.717, 1.165) is 49.6 Å². The molecule has 1 aliphatic heterocycles. The number of thioether (sulfide) groups is 1. The third kappa shape index (κ3) is 2.63. The molecule has 2 aliphatic rings. The molecule has 0 spiro atoms. The Balaban J connectivity index is 1.56. The van der Waals surface area contributed by atoms with Gasteiger partial charge in [-0.25, -0.2) is 9.07 Å². The molecule has 2 aromatic rings. The number of fused-ring (bicyclic) bond motifs is 1. The highest BCUT2D eigenvalue weighted by molar-refractivity contribution is 7.99. The van der Waals surface area contributed by atoms with E-state index in [1.165, 1.54) is 11.6 Å². The van der Waals surface area contributed by atoms with Crippen LogP contribution in [0.15, 0.2) is 23.4 Å². The normalized spacial score (nSPS) is 22.0. The molecule has 5 nitrogen and oxygen atoms in total. The first-order valence-electron chi connectivity index (χ1n) is 7.62. The predicted octanol–water partition coefficient (Wildman–Crippen LogP) is 2.94. The van der Waals surface area contributed by atoms with Gasteiger partial charge >= 0.3 is 0 Å². The zero-order chi connectivity index (χ0) is 14.9. The van der Waals surface area contributed by atoms with Gasteiger partial charge in [-0.15, -0.1) is 5.10 Å². The third-order valence-corrected chi connectivity index (χ3v) is 5.63. The van der Waals surface area contributed by atoms with E-state index >= 15 is 0 Å². The first-order chi connectivity index (χ1) is 10.8. The van der Waals surface area contributed by atoms with Gasteiger partial charge < -0.3 is 4.74 Å². The number of nitrogens with zero attached hydrogens (tertiary/aromatic N) is 4. The highest BCUT2D eigenvalue weighted by atomic mass is 32.2. The summed E-state index contributed by atoms with van der Waals surface area (Å²) in [6.07, 6.45) is 3.87. The van der Waals surface area contributed by atoms with Crippen molar-refractivity contribution in [2.75, 3.05) is 13.2 Å². The summed E-state index contributed by atoms with van der Waals surface area (Å²) in [7, 11) is 0. The Kier molecular flexibility index (Phi) is 3.83. The molecular weight excluding hydrogens is 303 g/mol. The van der Waals surface area contributed by atoms with Crippen LogP contribution in [0.4, 0.5) is 4.39 Å². The van der Waals surface area contributed by atoms with Gasteiger partial charge in [0.25, 0.3) is 0 Å². The number of ether oxygens (including phenoxy) is 1. The van der Waals surface area contributed by atoms with E-state index in [1.54, 1.807) is 17.8 Å². The second kappa shape index (κ2) is 5.96. The van der Waals surface area contributed by atoms with Crippen molar-refractivity contribution in [3.8, 4) is 0 Å². The topological polar surface area (TPSA) is 52.8 Å². The number of hydrogen-bond donors (Lipinski definition) is 0. The average molecular weight is 320 g/mol. The number of rotatable bonds is 3. The molecule has 7 heteroatoms. The maximum absolute atomic E-state index is 13.5. The van der Waals surface area contributed by atoms with E-state index in [2.05, 4.69) is 15.5 Å². The lowest BCUT2D eigenvalue weighted by molar-refractivity contribution is 0.0631. The molecule has 4 rings (SSSR count). The molecule has 1 saturated heterocycles. The molecule has 2 heterocycles. The number of halogens is 1. The first kappa shape index (κ1) is 14.1. The fourth-order valence-corrected chi connectivity index (χ4v) is 4.42. The molecule has 0 radical (unpaired) electrons. The summed E-state index contributed by atoms with van der Waals surface area (Å²) in [5.74, 6) is -0.171. The Morgan fingerprint density at radius 3 is 2.95 bits per heavy atom. The van der Waals surface area contributed by atoms with Gasteiger partial charge in [0.15, 0.2) is 0 Å². The van der Waals surface area contributed by atoms with Gasteiger partial charge in [-0.1, -0.05) is 17.8 Å². The van der Waals surface area contributed by atoms with Gasteiger partial charge in [0.05, 0.1) is 6.04 Å². The monoisotopic (exact) mass is 320 g/mol. The van der Waals surface area contributed by atoms with Gasteiger partial charge in [-0.3, -0.25) is 0 Å². The van der Waals surface area contributed by atoms with Crippen LogP contribution < -0.4 is 0 Å². The van der Waals surface area contributed by atoms with Crippen molar-refractivity contribution in [3.05, 3.63) is 35.1 Å². The lowest BCUT2D eigenvalue weighted by Crippen LogP contribution is -2.21. The molecule has 22 heavy (non-hydrogen) atoms. The highest BCUT2D eigenvalue weighted by Crippen LogP contribution is 2.44. The van der Waals surface area contributed by atoms with Crippen LogP contribution in [0.2, 0.25) is 0 Å². The molecule has 0 bridgehead atoms. The molecule has 1 atom stereocenters. The Bertz CT molecular complexity index is 671. The van der Waals surface area contributed by atoms with Crippen LogP contribution in [0, 0.1) is 5.82 Å². The second-order valence-electron chi connectivity index (χ2n) is 5.74. The van der Waals surface area contributed by atoms with E-state index in [4.69, 9.17) is 4.74 Å². The summed E-state index contributed by atoms with van der Waals surface area (Å²) < 4.78 is 20.8. The Labute approximate surface area is 132 Å². The fraction of sp³-hybridized carbons (Fsp3) is 0.533. The smallest absolute Gasteiger partial charge is 0.210 e. The molecule has 0 N–H and O–H groups in total. The molecule has 0 saturated carbocycles. The SMILES string of the molecule is Fc1ccc2c(c1)C(Sc1nnnn1C1CCOCC1)CC2. The van der Waals surface area contributed by atoms with Crippen molar-refractivity contribution in [1.82, 2.24) is 20.2 Å². The number of benzene rings is 1. The minimum atomic E-state index is -0.171. The number of aryl methyl sites for hydroxylation is 1. The summed E-state index contributed by atoms with van der Waals surface area (Å²) in [5.41, 5.74) is 2.33. The Morgan fingerprint density at radius 2 is 2.09 bits per heavy atom. The lowest BCUT2D eigenvalue weighted by atomic mass is 10.1. The minimum absolute atomic E-state index is 0.171. The lowest BCUT2D eigenvalue weighted by Gasteiger charge is -2.23. The minimum Gasteiger partial charge on any atom is -0.381 e. The van der Waals surface area contributed by atoms with Gasteiger partial charge in [0, 0.05) is 18.5 Å². The highest BCUT2D eigenvalue weighted by Gasteiger charge is 2.28. The molecule has 1 unspecified atom stereocenters. The molecule has 1 aromatic heterocycles. The van der Waals surface area contributed by atoms with Crippen LogP contribution in [0.25, 0.3) is 0 Å². The Hall–Kier alpha value is -1.47. The summed E-state index contributed by atoms with van der Waals surface area (Å²) >= 11 is 1.65. The fourth-order valence-electron chi connectivity index (χ4n) is 3.21. The van der Waals surface area contributed by atoms with Crippen molar-refractivity contribution >= 4 is 11.8 Å².